The van der Waals surface area contributed by atoms with Gasteiger partial charge in [-0.2, -0.15) is 0 Å². The third kappa shape index (κ3) is 6.03. The van der Waals surface area contributed by atoms with Crippen molar-refractivity contribution in [2.24, 2.45) is 0 Å². The molecule has 7 heteroatoms. The molecule has 0 aliphatic rings. The van der Waals surface area contributed by atoms with Crippen molar-refractivity contribution in [1.29, 1.82) is 0 Å². The molecule has 0 saturated carbocycles. The Labute approximate surface area is 122 Å². The number of carbonyl (C=O) groups is 2. The number of nitro groups is 1. The molecule has 114 valence electrons. The third-order valence-corrected chi connectivity index (χ3v) is 2.51. The summed E-state index contributed by atoms with van der Waals surface area (Å²) in [7, 11) is 0. The van der Waals surface area contributed by atoms with Gasteiger partial charge in [0.05, 0.1) is 11.5 Å². The van der Waals surface area contributed by atoms with Crippen LogP contribution < -0.4 is 4.74 Å². The molecule has 0 saturated heterocycles. The van der Waals surface area contributed by atoms with E-state index in [-0.39, 0.29) is 36.7 Å². The first-order valence-corrected chi connectivity index (χ1v) is 6.64. The number of nitro benzene ring substituents is 1. The van der Waals surface area contributed by atoms with Gasteiger partial charge in [0.15, 0.2) is 0 Å². The molecular weight excluding hydrogens is 278 g/mol. The summed E-state index contributed by atoms with van der Waals surface area (Å²) >= 11 is 0. The van der Waals surface area contributed by atoms with Crippen molar-refractivity contribution in [3.63, 3.8) is 0 Å². The lowest BCUT2D eigenvalue weighted by Gasteiger charge is -2.05. The van der Waals surface area contributed by atoms with Gasteiger partial charge in [0, 0.05) is 18.9 Å². The molecule has 0 N–H and O–H groups in total. The monoisotopic (exact) mass is 295 g/mol. The predicted molar refractivity (Wildman–Crippen MR) is 73.8 cm³/mol. The van der Waals surface area contributed by atoms with Crippen LogP contribution in [0.2, 0.25) is 0 Å². The van der Waals surface area contributed by atoms with Crippen LogP contribution >= 0.6 is 0 Å². The SMILES string of the molecule is CCCOC(=O)CCCC(=O)Oc1ccccc1[N+](=O)[O-]. The van der Waals surface area contributed by atoms with E-state index in [0.29, 0.717) is 6.61 Å². The Kier molecular flexibility index (Phi) is 6.86. The van der Waals surface area contributed by atoms with Crippen molar-refractivity contribution in [2.75, 3.05) is 6.61 Å². The van der Waals surface area contributed by atoms with Crippen molar-refractivity contribution in [3.8, 4) is 5.75 Å². The Hall–Kier alpha value is -2.44. The molecule has 21 heavy (non-hydrogen) atoms. The first-order chi connectivity index (χ1) is 10.0. The fraction of sp³-hybridized carbons (Fsp3) is 0.429. The van der Waals surface area contributed by atoms with Crippen LogP contribution in [0, 0.1) is 10.1 Å². The minimum atomic E-state index is -0.620. The highest BCUT2D eigenvalue weighted by Gasteiger charge is 2.17. The maximum absolute atomic E-state index is 11.6. The molecular formula is C14H17NO6. The zero-order valence-corrected chi connectivity index (χ0v) is 11.7. The summed E-state index contributed by atoms with van der Waals surface area (Å²) < 4.78 is 9.80. The Bertz CT molecular complexity index is 514. The van der Waals surface area contributed by atoms with E-state index < -0.39 is 10.9 Å². The van der Waals surface area contributed by atoms with Gasteiger partial charge in [-0.1, -0.05) is 19.1 Å². The summed E-state index contributed by atoms with van der Waals surface area (Å²) in [5.74, 6) is -1.08. The van der Waals surface area contributed by atoms with Crippen molar-refractivity contribution in [3.05, 3.63) is 34.4 Å². The molecule has 7 nitrogen and oxygen atoms in total. The minimum absolute atomic E-state index is 0.00667. The van der Waals surface area contributed by atoms with Crippen molar-refractivity contribution in [2.45, 2.75) is 32.6 Å². The summed E-state index contributed by atoms with van der Waals surface area (Å²) in [6.45, 7) is 2.25. The van der Waals surface area contributed by atoms with Crippen LogP contribution in [-0.4, -0.2) is 23.5 Å². The second kappa shape index (κ2) is 8.68. The lowest BCUT2D eigenvalue weighted by Crippen LogP contribution is -2.11. The maximum Gasteiger partial charge on any atom is 0.311 e. The summed E-state index contributed by atoms with van der Waals surface area (Å²) in [5, 5.41) is 10.8. The van der Waals surface area contributed by atoms with Gasteiger partial charge in [-0.05, 0) is 18.9 Å². The van der Waals surface area contributed by atoms with Gasteiger partial charge >= 0.3 is 17.6 Å². The highest BCUT2D eigenvalue weighted by atomic mass is 16.6. The Morgan fingerprint density at radius 3 is 2.52 bits per heavy atom. The van der Waals surface area contributed by atoms with Crippen LogP contribution in [0.25, 0.3) is 0 Å². The molecule has 1 aromatic rings. The Morgan fingerprint density at radius 2 is 1.86 bits per heavy atom. The van der Waals surface area contributed by atoms with Crippen LogP contribution in [0.3, 0.4) is 0 Å². The highest BCUT2D eigenvalue weighted by Crippen LogP contribution is 2.26. The van der Waals surface area contributed by atoms with E-state index in [1.54, 1.807) is 0 Å². The second-order valence-corrected chi connectivity index (χ2v) is 4.27. The molecule has 0 spiro atoms. The molecule has 0 atom stereocenters. The molecule has 0 aliphatic heterocycles. The second-order valence-electron chi connectivity index (χ2n) is 4.27. The number of ether oxygens (including phenoxy) is 2. The summed E-state index contributed by atoms with van der Waals surface area (Å²) in [6.07, 6.45) is 1.13. The predicted octanol–water partition coefficient (Wildman–Crippen LogP) is 2.62. The molecule has 1 rings (SSSR count). The lowest BCUT2D eigenvalue weighted by molar-refractivity contribution is -0.385. The molecule has 0 heterocycles. The van der Waals surface area contributed by atoms with E-state index in [1.807, 2.05) is 6.92 Å². The molecule has 0 bridgehead atoms. The number of para-hydroxylation sites is 2. The summed E-state index contributed by atoms with van der Waals surface area (Å²) in [4.78, 5) is 32.9. The van der Waals surface area contributed by atoms with E-state index >= 15 is 0 Å². The summed E-state index contributed by atoms with van der Waals surface area (Å²) in [5.41, 5.74) is -0.270. The van der Waals surface area contributed by atoms with E-state index in [1.165, 1.54) is 24.3 Å². The molecule has 0 fully saturated rings. The Morgan fingerprint density at radius 1 is 1.19 bits per heavy atom. The average Bonchev–Trinajstić information content (AvgIpc) is 2.45. The number of rotatable bonds is 8. The minimum Gasteiger partial charge on any atom is -0.466 e. The van der Waals surface area contributed by atoms with Gasteiger partial charge in [-0.3, -0.25) is 19.7 Å². The van der Waals surface area contributed by atoms with E-state index in [9.17, 15) is 19.7 Å². The van der Waals surface area contributed by atoms with Crippen LogP contribution in [0.4, 0.5) is 5.69 Å². The van der Waals surface area contributed by atoms with Gasteiger partial charge in [0.25, 0.3) is 0 Å². The topological polar surface area (TPSA) is 95.7 Å². The zero-order chi connectivity index (χ0) is 15.7. The van der Waals surface area contributed by atoms with Gasteiger partial charge in [0.2, 0.25) is 5.75 Å². The van der Waals surface area contributed by atoms with E-state index in [4.69, 9.17) is 9.47 Å². The van der Waals surface area contributed by atoms with Gasteiger partial charge < -0.3 is 9.47 Å². The van der Waals surface area contributed by atoms with Crippen LogP contribution in [0.1, 0.15) is 32.6 Å². The molecule has 0 aromatic heterocycles. The number of esters is 2. The quantitative estimate of drug-likeness (QED) is 0.316. The van der Waals surface area contributed by atoms with E-state index in [0.717, 1.165) is 6.42 Å². The number of hydrogen-bond acceptors (Lipinski definition) is 6. The first-order valence-electron chi connectivity index (χ1n) is 6.64. The normalized spacial score (nSPS) is 9.95. The van der Waals surface area contributed by atoms with Crippen molar-refractivity contribution in [1.82, 2.24) is 0 Å². The standard InChI is InChI=1S/C14H17NO6/c1-2-10-20-13(16)8-5-9-14(17)21-12-7-4-3-6-11(12)15(18)19/h3-4,6-7H,2,5,8-10H2,1H3. The van der Waals surface area contributed by atoms with E-state index in [2.05, 4.69) is 0 Å². The van der Waals surface area contributed by atoms with Crippen LogP contribution in [0.5, 0.6) is 5.75 Å². The molecule has 0 unspecified atom stereocenters. The smallest absolute Gasteiger partial charge is 0.311 e. The van der Waals surface area contributed by atoms with Crippen molar-refractivity contribution >= 4 is 17.6 Å². The first kappa shape index (κ1) is 16.6. The lowest BCUT2D eigenvalue weighted by atomic mass is 10.2. The number of benzene rings is 1. The fourth-order valence-corrected chi connectivity index (χ4v) is 1.53. The molecule has 1 aromatic carbocycles. The molecule has 0 aliphatic carbocycles. The highest BCUT2D eigenvalue weighted by molar-refractivity contribution is 5.75. The molecule has 0 amide bonds. The summed E-state index contributed by atoms with van der Waals surface area (Å²) in [6, 6.07) is 5.63. The maximum atomic E-state index is 11.6. The average molecular weight is 295 g/mol. The van der Waals surface area contributed by atoms with Gasteiger partial charge in [-0.25, -0.2) is 0 Å². The van der Waals surface area contributed by atoms with Gasteiger partial charge in [0.1, 0.15) is 0 Å². The van der Waals surface area contributed by atoms with Crippen LogP contribution in [0.15, 0.2) is 24.3 Å². The molecule has 0 radical (unpaired) electrons. The number of hydrogen-bond donors (Lipinski definition) is 0. The fourth-order valence-electron chi connectivity index (χ4n) is 1.53. The van der Waals surface area contributed by atoms with Crippen molar-refractivity contribution < 1.29 is 24.0 Å². The number of nitrogens with zero attached hydrogens (tertiary/aromatic N) is 1. The third-order valence-electron chi connectivity index (χ3n) is 2.51. The zero-order valence-electron chi connectivity index (χ0n) is 11.7. The van der Waals surface area contributed by atoms with Gasteiger partial charge in [-0.15, -0.1) is 0 Å². The Balaban J connectivity index is 2.41. The number of carbonyl (C=O) groups excluding carboxylic acids is 2. The largest absolute Gasteiger partial charge is 0.466 e. The van der Waals surface area contributed by atoms with Crippen LogP contribution in [-0.2, 0) is 14.3 Å².